The predicted molar refractivity (Wildman–Crippen MR) is 81.5 cm³/mol. The molecule has 0 saturated carbocycles. The number of rotatable bonds is 6. The lowest BCUT2D eigenvalue weighted by atomic mass is 10.1. The van der Waals surface area contributed by atoms with Crippen molar-refractivity contribution in [1.82, 2.24) is 0 Å². The van der Waals surface area contributed by atoms with E-state index in [2.05, 4.69) is 0 Å². The van der Waals surface area contributed by atoms with Crippen LogP contribution in [-0.4, -0.2) is 18.0 Å². The first-order valence-electron chi connectivity index (χ1n) is 6.96. The molecule has 1 atom stereocenters. The molecular formula is C16H21ClO4. The second-order valence-electron chi connectivity index (χ2n) is 5.35. The number of esters is 2. The number of hydrogen-bond acceptors (Lipinski definition) is 4. The molecule has 0 bridgehead atoms. The molecule has 0 heterocycles. The van der Waals surface area contributed by atoms with Crippen LogP contribution in [0, 0.1) is 12.8 Å². The highest BCUT2D eigenvalue weighted by molar-refractivity contribution is 6.32. The van der Waals surface area contributed by atoms with E-state index in [1.165, 1.54) is 0 Å². The molecular weight excluding hydrogens is 292 g/mol. The molecule has 1 rings (SSSR count). The van der Waals surface area contributed by atoms with Crippen LogP contribution in [0.4, 0.5) is 0 Å². The fourth-order valence-corrected chi connectivity index (χ4v) is 1.74. The minimum absolute atomic E-state index is 0.000621. The van der Waals surface area contributed by atoms with E-state index in [4.69, 9.17) is 21.1 Å². The quantitative estimate of drug-likeness (QED) is 0.590. The van der Waals surface area contributed by atoms with Gasteiger partial charge in [0.2, 0.25) is 0 Å². The van der Waals surface area contributed by atoms with Gasteiger partial charge in [0.1, 0.15) is 11.9 Å². The highest BCUT2D eigenvalue weighted by Gasteiger charge is 2.15. The molecule has 0 fully saturated rings. The molecule has 5 heteroatoms. The van der Waals surface area contributed by atoms with Crippen LogP contribution in [0.25, 0.3) is 0 Å². The summed E-state index contributed by atoms with van der Waals surface area (Å²) < 4.78 is 10.3. The lowest BCUT2D eigenvalue weighted by Crippen LogP contribution is -2.21. The lowest BCUT2D eigenvalue weighted by Gasteiger charge is -2.16. The van der Waals surface area contributed by atoms with Crippen molar-refractivity contribution in [2.75, 3.05) is 0 Å². The van der Waals surface area contributed by atoms with Gasteiger partial charge in [0.25, 0.3) is 0 Å². The van der Waals surface area contributed by atoms with E-state index >= 15 is 0 Å². The summed E-state index contributed by atoms with van der Waals surface area (Å²) in [6.07, 6.45) is -0.201. The number of aryl methyl sites for hydroxylation is 1. The smallest absolute Gasteiger partial charge is 0.311 e. The molecule has 4 nitrogen and oxygen atoms in total. The van der Waals surface area contributed by atoms with Crippen LogP contribution in [0.5, 0.6) is 5.75 Å². The molecule has 0 aliphatic heterocycles. The fraction of sp³-hybridized carbons (Fsp3) is 0.500. The summed E-state index contributed by atoms with van der Waals surface area (Å²) in [7, 11) is 0. The van der Waals surface area contributed by atoms with Crippen molar-refractivity contribution in [1.29, 1.82) is 0 Å². The summed E-state index contributed by atoms with van der Waals surface area (Å²) in [5, 5.41) is 0.374. The zero-order valence-corrected chi connectivity index (χ0v) is 13.6. The van der Waals surface area contributed by atoms with E-state index in [1.807, 2.05) is 27.7 Å². The Kier molecular flexibility index (Phi) is 6.69. The van der Waals surface area contributed by atoms with E-state index in [1.54, 1.807) is 18.2 Å². The number of carbonyl (C=O) groups is 2. The van der Waals surface area contributed by atoms with Gasteiger partial charge in [-0.3, -0.25) is 9.59 Å². The van der Waals surface area contributed by atoms with Gasteiger partial charge < -0.3 is 9.47 Å². The van der Waals surface area contributed by atoms with Gasteiger partial charge in [-0.15, -0.1) is 0 Å². The molecule has 0 aliphatic carbocycles. The monoisotopic (exact) mass is 312 g/mol. The minimum atomic E-state index is -0.505. The predicted octanol–water partition coefficient (Wildman–Crippen LogP) is 3.92. The van der Waals surface area contributed by atoms with Crippen molar-refractivity contribution in [3.8, 4) is 5.75 Å². The summed E-state index contributed by atoms with van der Waals surface area (Å²) in [6.45, 7) is 7.65. The van der Waals surface area contributed by atoms with Crippen molar-refractivity contribution in [3.05, 3.63) is 28.8 Å². The summed E-state index contributed by atoms with van der Waals surface area (Å²) in [5.41, 5.74) is 0.978. The first-order chi connectivity index (χ1) is 9.79. The van der Waals surface area contributed by atoms with Crippen LogP contribution in [0.3, 0.4) is 0 Å². The molecule has 21 heavy (non-hydrogen) atoms. The van der Waals surface area contributed by atoms with Crippen LogP contribution >= 0.6 is 11.6 Å². The van der Waals surface area contributed by atoms with Crippen LogP contribution < -0.4 is 4.74 Å². The van der Waals surface area contributed by atoms with Crippen LogP contribution in [0.15, 0.2) is 18.2 Å². The standard InChI is InChI=1S/C16H21ClO4/c1-10(2)12(4)20-15(18)7-8-16(19)21-14-6-5-11(3)9-13(14)17/h5-6,9-10,12H,7-8H2,1-4H3. The third-order valence-electron chi connectivity index (χ3n) is 3.10. The van der Waals surface area contributed by atoms with E-state index < -0.39 is 11.9 Å². The molecule has 0 aliphatic rings. The maximum atomic E-state index is 11.7. The van der Waals surface area contributed by atoms with Crippen LogP contribution in [0.2, 0.25) is 5.02 Å². The molecule has 116 valence electrons. The van der Waals surface area contributed by atoms with E-state index in [-0.39, 0.29) is 24.9 Å². The Balaban J connectivity index is 2.42. The normalized spacial score (nSPS) is 12.1. The Morgan fingerprint density at radius 3 is 2.33 bits per heavy atom. The second kappa shape index (κ2) is 8.03. The topological polar surface area (TPSA) is 52.6 Å². The van der Waals surface area contributed by atoms with Crippen molar-refractivity contribution in [2.45, 2.75) is 46.6 Å². The Labute approximate surface area is 130 Å². The van der Waals surface area contributed by atoms with Crippen LogP contribution in [0.1, 0.15) is 39.2 Å². The average molecular weight is 313 g/mol. The molecule has 0 N–H and O–H groups in total. The summed E-state index contributed by atoms with van der Waals surface area (Å²) in [5.74, 6) is -0.360. The van der Waals surface area contributed by atoms with Crippen molar-refractivity contribution >= 4 is 23.5 Å². The molecule has 0 saturated heterocycles. The summed E-state index contributed by atoms with van der Waals surface area (Å²) in [4.78, 5) is 23.3. The Morgan fingerprint density at radius 1 is 1.14 bits per heavy atom. The number of hydrogen-bond donors (Lipinski definition) is 0. The number of benzene rings is 1. The number of carbonyl (C=O) groups excluding carboxylic acids is 2. The van der Waals surface area contributed by atoms with E-state index in [0.717, 1.165) is 5.56 Å². The molecule has 0 amide bonds. The third kappa shape index (κ3) is 6.17. The van der Waals surface area contributed by atoms with Crippen LogP contribution in [-0.2, 0) is 14.3 Å². The zero-order chi connectivity index (χ0) is 16.0. The Hall–Kier alpha value is -1.55. The van der Waals surface area contributed by atoms with Gasteiger partial charge in [0.05, 0.1) is 17.9 Å². The molecule has 0 spiro atoms. The maximum Gasteiger partial charge on any atom is 0.311 e. The minimum Gasteiger partial charge on any atom is -0.462 e. The average Bonchev–Trinajstić information content (AvgIpc) is 2.39. The maximum absolute atomic E-state index is 11.7. The molecule has 1 aromatic rings. The second-order valence-corrected chi connectivity index (χ2v) is 5.75. The molecule has 1 unspecified atom stereocenters. The van der Waals surface area contributed by atoms with Gasteiger partial charge in [-0.1, -0.05) is 31.5 Å². The van der Waals surface area contributed by atoms with Gasteiger partial charge in [0.15, 0.2) is 0 Å². The molecule has 1 aromatic carbocycles. The zero-order valence-electron chi connectivity index (χ0n) is 12.8. The highest BCUT2D eigenvalue weighted by atomic mass is 35.5. The number of halogens is 1. The molecule has 0 radical (unpaired) electrons. The molecule has 0 aromatic heterocycles. The van der Waals surface area contributed by atoms with E-state index in [9.17, 15) is 9.59 Å². The van der Waals surface area contributed by atoms with Crippen molar-refractivity contribution in [3.63, 3.8) is 0 Å². The SMILES string of the molecule is Cc1ccc(OC(=O)CCC(=O)OC(C)C(C)C)c(Cl)c1. The van der Waals surface area contributed by atoms with Gasteiger partial charge in [-0.05, 0) is 37.5 Å². The third-order valence-corrected chi connectivity index (χ3v) is 3.40. The first-order valence-corrected chi connectivity index (χ1v) is 7.33. The summed E-state index contributed by atoms with van der Waals surface area (Å²) in [6, 6.07) is 5.14. The fourth-order valence-electron chi connectivity index (χ4n) is 1.47. The largest absolute Gasteiger partial charge is 0.462 e. The Morgan fingerprint density at radius 2 is 1.76 bits per heavy atom. The Bertz CT molecular complexity index is 511. The first kappa shape index (κ1) is 17.5. The van der Waals surface area contributed by atoms with Crippen molar-refractivity contribution < 1.29 is 19.1 Å². The van der Waals surface area contributed by atoms with E-state index in [0.29, 0.717) is 10.8 Å². The lowest BCUT2D eigenvalue weighted by molar-refractivity contribution is -0.152. The highest BCUT2D eigenvalue weighted by Crippen LogP contribution is 2.25. The van der Waals surface area contributed by atoms with Gasteiger partial charge in [-0.25, -0.2) is 0 Å². The van der Waals surface area contributed by atoms with Gasteiger partial charge in [-0.2, -0.15) is 0 Å². The van der Waals surface area contributed by atoms with Gasteiger partial charge >= 0.3 is 11.9 Å². The summed E-state index contributed by atoms with van der Waals surface area (Å²) >= 11 is 5.97. The number of ether oxygens (including phenoxy) is 2. The van der Waals surface area contributed by atoms with Crippen molar-refractivity contribution in [2.24, 2.45) is 5.92 Å². The van der Waals surface area contributed by atoms with Gasteiger partial charge in [0, 0.05) is 0 Å².